The van der Waals surface area contributed by atoms with E-state index in [1.165, 1.54) is 36.0 Å². The second-order valence-electron chi connectivity index (χ2n) is 6.97. The van der Waals surface area contributed by atoms with Gasteiger partial charge in [0, 0.05) is 22.9 Å². The largest absolute Gasteiger partial charge is 0.481 e. The number of amides is 1. The average Bonchev–Trinajstić information content (AvgIpc) is 2.77. The number of carbonyl (C=O) groups excluding carboxylic acids is 1. The first-order valence-corrected chi connectivity index (χ1v) is 11.8. The van der Waals surface area contributed by atoms with E-state index in [4.69, 9.17) is 4.74 Å². The first-order chi connectivity index (χ1) is 14.7. The quantitative estimate of drug-likeness (QED) is 0.281. The highest BCUT2D eigenvalue weighted by Gasteiger charge is 2.39. The molecule has 0 saturated heterocycles. The molecule has 2 rings (SSSR count). The normalized spacial score (nSPS) is 12.4. The fraction of sp³-hybridized carbons (Fsp3) is 0.333. The van der Waals surface area contributed by atoms with Crippen molar-refractivity contribution in [2.24, 2.45) is 0 Å². The summed E-state index contributed by atoms with van der Waals surface area (Å²) in [7, 11) is -4.05. The Morgan fingerprint density at radius 3 is 2.58 bits per heavy atom. The Hall–Kier alpha value is -2.58. The molecule has 0 saturated carbocycles. The van der Waals surface area contributed by atoms with Gasteiger partial charge >= 0.3 is 0 Å². The van der Waals surface area contributed by atoms with Crippen LogP contribution in [0.4, 0.5) is 0 Å². The molecule has 0 aliphatic carbocycles. The van der Waals surface area contributed by atoms with Gasteiger partial charge in [0.15, 0.2) is 0 Å². The minimum absolute atomic E-state index is 0.0368. The summed E-state index contributed by atoms with van der Waals surface area (Å²) >= 11 is 1.36. The summed E-state index contributed by atoms with van der Waals surface area (Å²) in [5, 5.41) is 9.18. The zero-order chi connectivity index (χ0) is 22.9. The number of hydrogen-bond acceptors (Lipinski definition) is 7. The lowest BCUT2D eigenvalue weighted by Crippen LogP contribution is -2.55. The minimum Gasteiger partial charge on any atom is -0.481 e. The van der Waals surface area contributed by atoms with Crippen LogP contribution in [0, 0.1) is 11.8 Å². The molecule has 0 fully saturated rings. The highest BCUT2D eigenvalue weighted by Crippen LogP contribution is 2.32. The van der Waals surface area contributed by atoms with Gasteiger partial charge < -0.3 is 4.74 Å². The number of ether oxygens (including phenoxy) is 1. The summed E-state index contributed by atoms with van der Waals surface area (Å²) in [4.78, 5) is 16.3. The lowest BCUT2D eigenvalue weighted by atomic mass is 10.0. The van der Waals surface area contributed by atoms with Crippen molar-refractivity contribution in [2.75, 3.05) is 6.61 Å². The number of aromatic nitrogens is 1. The summed E-state index contributed by atoms with van der Waals surface area (Å²) in [6.45, 7) is 5.34. The summed E-state index contributed by atoms with van der Waals surface area (Å²) in [6.07, 6.45) is 3.35. The molecule has 2 aromatic rings. The van der Waals surface area contributed by atoms with Crippen LogP contribution in [0.5, 0.6) is 5.75 Å². The van der Waals surface area contributed by atoms with E-state index in [1.54, 1.807) is 44.7 Å². The average molecular weight is 464 g/mol. The maximum Gasteiger partial charge on any atom is 0.262 e. The molecule has 1 atom stereocenters. The molecule has 31 heavy (non-hydrogen) atoms. The van der Waals surface area contributed by atoms with Crippen LogP contribution in [0.25, 0.3) is 0 Å². The van der Waals surface area contributed by atoms with Gasteiger partial charge in [-0.3, -0.25) is 15.0 Å². The summed E-state index contributed by atoms with van der Waals surface area (Å²) < 4.78 is 32.7. The van der Waals surface area contributed by atoms with E-state index in [2.05, 4.69) is 21.5 Å². The Bertz CT molecular complexity index is 1030. The standard InChI is InChI=1S/C21H25N3O5S2/c1-4-5-13-29-17-8-10-18(11-9-17)31(27,28)24-19(20(25)23-26)21(2,3)30-15-16-7-6-12-22-14-16/h6-12,14,19,24,26H,13,15H2,1-3H3,(H,23,25)/t19-/m1/s1. The number of nitrogens with one attached hydrogen (secondary N) is 2. The van der Waals surface area contributed by atoms with Crippen LogP contribution in [-0.4, -0.2) is 41.9 Å². The van der Waals surface area contributed by atoms with Crippen LogP contribution in [0.3, 0.4) is 0 Å². The first-order valence-electron chi connectivity index (χ1n) is 9.31. The highest BCUT2D eigenvalue weighted by molar-refractivity contribution is 8.00. The van der Waals surface area contributed by atoms with Crippen LogP contribution in [0.1, 0.15) is 26.3 Å². The van der Waals surface area contributed by atoms with Crippen LogP contribution in [0.15, 0.2) is 53.7 Å². The van der Waals surface area contributed by atoms with Gasteiger partial charge in [-0.15, -0.1) is 17.7 Å². The Balaban J connectivity index is 2.17. The lowest BCUT2D eigenvalue weighted by molar-refractivity contribution is -0.131. The first kappa shape index (κ1) is 24.7. The molecule has 0 bridgehead atoms. The van der Waals surface area contributed by atoms with E-state index in [0.29, 0.717) is 11.5 Å². The maximum absolute atomic E-state index is 12.9. The molecular weight excluding hydrogens is 438 g/mol. The van der Waals surface area contributed by atoms with Gasteiger partial charge in [0.2, 0.25) is 10.0 Å². The van der Waals surface area contributed by atoms with Crippen molar-refractivity contribution in [1.29, 1.82) is 0 Å². The molecule has 1 heterocycles. The zero-order valence-electron chi connectivity index (χ0n) is 17.5. The van der Waals surface area contributed by atoms with Crippen LogP contribution in [-0.2, 0) is 20.6 Å². The van der Waals surface area contributed by atoms with Gasteiger partial charge in [0.25, 0.3) is 5.91 Å². The van der Waals surface area contributed by atoms with E-state index in [9.17, 15) is 18.4 Å². The number of benzene rings is 1. The van der Waals surface area contributed by atoms with Gasteiger partial charge in [-0.1, -0.05) is 12.0 Å². The predicted octanol–water partition coefficient (Wildman–Crippen LogP) is 2.35. The molecule has 0 aliphatic rings. The Labute approximate surface area is 186 Å². The van der Waals surface area contributed by atoms with Crippen molar-refractivity contribution in [1.82, 2.24) is 15.2 Å². The third-order valence-electron chi connectivity index (χ3n) is 4.30. The van der Waals surface area contributed by atoms with Gasteiger partial charge in [-0.05, 0) is 56.7 Å². The SMILES string of the molecule is CC#CCOc1ccc(S(=O)(=O)N[C@H](C(=O)NO)C(C)(C)SCc2cccnc2)cc1. The number of rotatable bonds is 10. The molecule has 0 radical (unpaired) electrons. The Kier molecular flexibility index (Phi) is 8.88. The van der Waals surface area contributed by atoms with Crippen LogP contribution >= 0.6 is 11.8 Å². The molecule has 0 aliphatic heterocycles. The van der Waals surface area contributed by atoms with Gasteiger partial charge in [-0.25, -0.2) is 13.9 Å². The third-order valence-corrected chi connectivity index (χ3v) is 7.19. The number of carbonyl (C=O) groups is 1. The van der Waals surface area contributed by atoms with Crippen molar-refractivity contribution < 1.29 is 23.2 Å². The molecule has 1 aromatic heterocycles. The lowest BCUT2D eigenvalue weighted by Gasteiger charge is -2.32. The number of nitrogens with zero attached hydrogens (tertiary/aromatic N) is 1. The van der Waals surface area contributed by atoms with Gasteiger partial charge in [0.1, 0.15) is 18.4 Å². The van der Waals surface area contributed by atoms with Crippen molar-refractivity contribution in [3.8, 4) is 17.6 Å². The molecular formula is C21H25N3O5S2. The Morgan fingerprint density at radius 1 is 1.29 bits per heavy atom. The van der Waals surface area contributed by atoms with Gasteiger partial charge in [0.05, 0.1) is 4.90 Å². The van der Waals surface area contributed by atoms with Crippen molar-refractivity contribution in [3.05, 3.63) is 54.4 Å². The topological polar surface area (TPSA) is 118 Å². The highest BCUT2D eigenvalue weighted by atomic mass is 32.2. The fourth-order valence-electron chi connectivity index (χ4n) is 2.54. The van der Waals surface area contributed by atoms with E-state index in [0.717, 1.165) is 5.56 Å². The molecule has 10 heteroatoms. The maximum atomic E-state index is 12.9. The minimum atomic E-state index is -4.05. The number of hydroxylamine groups is 1. The van der Waals surface area contributed by atoms with E-state index in [1.807, 2.05) is 6.07 Å². The van der Waals surface area contributed by atoms with E-state index >= 15 is 0 Å². The van der Waals surface area contributed by atoms with Crippen molar-refractivity contribution in [3.63, 3.8) is 0 Å². The summed E-state index contributed by atoms with van der Waals surface area (Å²) in [6, 6.07) is 8.22. The fourth-order valence-corrected chi connectivity index (χ4v) is 5.00. The van der Waals surface area contributed by atoms with E-state index < -0.39 is 26.7 Å². The summed E-state index contributed by atoms with van der Waals surface area (Å²) in [5.41, 5.74) is 2.48. The number of sulfonamides is 1. The predicted molar refractivity (Wildman–Crippen MR) is 119 cm³/mol. The van der Waals surface area contributed by atoms with Crippen LogP contribution in [0.2, 0.25) is 0 Å². The number of pyridine rings is 1. The molecule has 0 spiro atoms. The van der Waals surface area contributed by atoms with Gasteiger partial charge in [-0.2, -0.15) is 4.72 Å². The molecule has 166 valence electrons. The summed E-state index contributed by atoms with van der Waals surface area (Å²) in [5.74, 6) is 5.57. The number of hydrogen-bond donors (Lipinski definition) is 3. The second kappa shape index (κ2) is 11.2. The zero-order valence-corrected chi connectivity index (χ0v) is 19.1. The molecule has 1 amide bonds. The molecule has 1 aromatic carbocycles. The Morgan fingerprint density at radius 2 is 2.00 bits per heavy atom. The molecule has 0 unspecified atom stereocenters. The second-order valence-corrected chi connectivity index (χ2v) is 10.3. The third kappa shape index (κ3) is 7.25. The monoisotopic (exact) mass is 463 g/mol. The molecule has 3 N–H and O–H groups in total. The van der Waals surface area contributed by atoms with Crippen molar-refractivity contribution in [2.45, 2.75) is 42.2 Å². The van der Waals surface area contributed by atoms with Crippen molar-refractivity contribution >= 4 is 27.7 Å². The van der Waals surface area contributed by atoms with Crippen LogP contribution < -0.4 is 14.9 Å². The number of thioether (sulfide) groups is 1. The molecule has 8 nitrogen and oxygen atoms in total. The smallest absolute Gasteiger partial charge is 0.262 e. The van der Waals surface area contributed by atoms with E-state index in [-0.39, 0.29) is 11.5 Å².